The number of carboxylic acids is 1. The van der Waals surface area contributed by atoms with E-state index in [4.69, 9.17) is 9.84 Å². The molecule has 0 aromatic carbocycles. The number of ether oxygens (including phenoxy) is 1. The summed E-state index contributed by atoms with van der Waals surface area (Å²) in [6, 6.07) is 0.845. The highest BCUT2D eigenvalue weighted by Gasteiger charge is 2.20. The Bertz CT molecular complexity index is 398. The van der Waals surface area contributed by atoms with Gasteiger partial charge in [0.1, 0.15) is 5.69 Å². The maximum Gasteiger partial charge on any atom is 0.337 e. The molecule has 0 aliphatic rings. The van der Waals surface area contributed by atoms with Crippen molar-refractivity contribution < 1.29 is 23.4 Å². The van der Waals surface area contributed by atoms with Gasteiger partial charge in [0.2, 0.25) is 5.88 Å². The van der Waals surface area contributed by atoms with E-state index in [0.29, 0.717) is 0 Å². The average Bonchev–Trinajstić information content (AvgIpc) is 2.17. The molecule has 15 heavy (non-hydrogen) atoms. The second kappa shape index (κ2) is 4.69. The lowest BCUT2D eigenvalue weighted by atomic mass is 10.2. The number of rotatable bonds is 3. The molecular formula is C8H6F2INO3. The van der Waals surface area contributed by atoms with Crippen LogP contribution < -0.4 is 4.74 Å². The van der Waals surface area contributed by atoms with Crippen molar-refractivity contribution >= 4 is 28.6 Å². The number of halogens is 3. The Kier molecular flexibility index (Phi) is 3.77. The highest BCUT2D eigenvalue weighted by atomic mass is 127. The summed E-state index contributed by atoms with van der Waals surface area (Å²) in [5.41, 5.74) is -0.845. The molecule has 0 aliphatic carbocycles. The minimum Gasteiger partial charge on any atom is -0.480 e. The maximum absolute atomic E-state index is 12.3. The van der Waals surface area contributed by atoms with Crippen LogP contribution in [0.15, 0.2) is 6.07 Å². The van der Waals surface area contributed by atoms with Gasteiger partial charge in [0.15, 0.2) is 0 Å². The molecule has 7 heteroatoms. The third-order valence-corrected chi connectivity index (χ3v) is 2.64. The Labute approximate surface area is 97.4 Å². The van der Waals surface area contributed by atoms with Gasteiger partial charge in [0.05, 0.1) is 16.2 Å². The van der Waals surface area contributed by atoms with Gasteiger partial charge < -0.3 is 9.84 Å². The fourth-order valence-corrected chi connectivity index (χ4v) is 1.65. The fourth-order valence-electron chi connectivity index (χ4n) is 0.928. The highest BCUT2D eigenvalue weighted by molar-refractivity contribution is 14.1. The molecule has 0 fully saturated rings. The molecule has 82 valence electrons. The Morgan fingerprint density at radius 1 is 1.67 bits per heavy atom. The topological polar surface area (TPSA) is 59.4 Å². The number of pyridine rings is 1. The van der Waals surface area contributed by atoms with Gasteiger partial charge in [0, 0.05) is 0 Å². The van der Waals surface area contributed by atoms with Crippen molar-refractivity contribution in [2.75, 3.05) is 7.11 Å². The van der Waals surface area contributed by atoms with Crippen molar-refractivity contribution in [3.05, 3.63) is 20.9 Å². The molecule has 1 aromatic heterocycles. The number of alkyl halides is 2. The monoisotopic (exact) mass is 329 g/mol. The lowest BCUT2D eigenvalue weighted by molar-refractivity contribution is 0.0694. The Balaban J connectivity index is 3.38. The van der Waals surface area contributed by atoms with Gasteiger partial charge in [-0.1, -0.05) is 0 Å². The van der Waals surface area contributed by atoms with Gasteiger partial charge in [-0.3, -0.25) is 0 Å². The molecule has 0 aliphatic heterocycles. The summed E-state index contributed by atoms with van der Waals surface area (Å²) in [7, 11) is 1.24. The van der Waals surface area contributed by atoms with Crippen molar-refractivity contribution in [1.82, 2.24) is 4.98 Å². The zero-order valence-corrected chi connectivity index (χ0v) is 9.66. The van der Waals surface area contributed by atoms with Crippen molar-refractivity contribution in [3.8, 4) is 5.88 Å². The number of carboxylic acid groups (broad SMARTS) is 1. The molecule has 0 radical (unpaired) electrons. The summed E-state index contributed by atoms with van der Waals surface area (Å²) in [5.74, 6) is -1.40. The minimum absolute atomic E-state index is 0.106. The summed E-state index contributed by atoms with van der Waals surface area (Å²) in [5, 5.41) is 8.76. The van der Waals surface area contributed by atoms with E-state index in [1.54, 1.807) is 22.6 Å². The molecule has 4 nitrogen and oxygen atoms in total. The molecule has 0 spiro atoms. The van der Waals surface area contributed by atoms with Crippen LogP contribution in [0.1, 0.15) is 22.5 Å². The van der Waals surface area contributed by atoms with E-state index in [-0.39, 0.29) is 15.0 Å². The molecule has 0 saturated heterocycles. The molecule has 1 heterocycles. The lowest BCUT2D eigenvalue weighted by Crippen LogP contribution is -2.06. The van der Waals surface area contributed by atoms with Crippen LogP contribution in [-0.4, -0.2) is 23.2 Å². The van der Waals surface area contributed by atoms with Crippen LogP contribution in [0, 0.1) is 3.57 Å². The van der Waals surface area contributed by atoms with Crippen LogP contribution in [0.25, 0.3) is 0 Å². The summed E-state index contributed by atoms with van der Waals surface area (Å²) >= 11 is 1.68. The van der Waals surface area contributed by atoms with E-state index in [2.05, 4.69) is 4.98 Å². The zero-order chi connectivity index (χ0) is 11.6. The van der Waals surface area contributed by atoms with Gasteiger partial charge in [-0.25, -0.2) is 18.6 Å². The predicted octanol–water partition coefficient (Wildman–Crippen LogP) is 2.33. The summed E-state index contributed by atoms with van der Waals surface area (Å²) in [6.45, 7) is 0. The number of methoxy groups -OCH3 is 1. The summed E-state index contributed by atoms with van der Waals surface area (Å²) < 4.78 is 29.6. The number of nitrogens with zero attached hydrogens (tertiary/aromatic N) is 1. The SMILES string of the molecule is COc1nc(C(F)F)cc(C(=O)O)c1I. The molecule has 0 atom stereocenters. The van der Waals surface area contributed by atoms with Crippen LogP contribution in [0.4, 0.5) is 8.78 Å². The first-order valence-electron chi connectivity index (χ1n) is 3.73. The normalized spacial score (nSPS) is 10.5. The second-order valence-corrected chi connectivity index (χ2v) is 3.60. The van der Waals surface area contributed by atoms with Crippen molar-refractivity contribution in [1.29, 1.82) is 0 Å². The smallest absolute Gasteiger partial charge is 0.337 e. The van der Waals surface area contributed by atoms with Crippen LogP contribution in [0.5, 0.6) is 5.88 Å². The Morgan fingerprint density at radius 2 is 2.27 bits per heavy atom. The van der Waals surface area contributed by atoms with Gasteiger partial charge in [-0.15, -0.1) is 0 Å². The predicted molar refractivity (Wildman–Crippen MR) is 55.4 cm³/mol. The number of carbonyl (C=O) groups is 1. The first-order chi connectivity index (χ1) is 6.97. The van der Waals surface area contributed by atoms with Crippen molar-refractivity contribution in [2.45, 2.75) is 6.43 Å². The van der Waals surface area contributed by atoms with Gasteiger partial charge in [0.25, 0.3) is 6.43 Å². The lowest BCUT2D eigenvalue weighted by Gasteiger charge is -2.08. The van der Waals surface area contributed by atoms with Gasteiger partial charge in [-0.05, 0) is 28.7 Å². The summed E-state index contributed by atoms with van der Waals surface area (Å²) in [6.07, 6.45) is -2.83. The van der Waals surface area contributed by atoms with Crippen molar-refractivity contribution in [2.24, 2.45) is 0 Å². The van der Waals surface area contributed by atoms with E-state index >= 15 is 0 Å². The van der Waals surface area contributed by atoms with Gasteiger partial charge >= 0.3 is 5.97 Å². The number of aromatic nitrogens is 1. The molecule has 1 N–H and O–H groups in total. The minimum atomic E-state index is -2.83. The molecule has 1 aromatic rings. The number of aromatic carboxylic acids is 1. The zero-order valence-electron chi connectivity index (χ0n) is 7.50. The average molecular weight is 329 g/mol. The molecule has 0 bridgehead atoms. The number of hydrogen-bond donors (Lipinski definition) is 1. The third-order valence-electron chi connectivity index (χ3n) is 1.59. The quantitative estimate of drug-likeness (QED) is 0.865. The standard InChI is InChI=1S/C8H6F2INO3/c1-15-7-5(11)3(8(13)14)2-4(12-7)6(9)10/h2,6H,1H3,(H,13,14). The molecule has 0 amide bonds. The highest BCUT2D eigenvalue weighted by Crippen LogP contribution is 2.27. The largest absolute Gasteiger partial charge is 0.480 e. The van der Waals surface area contributed by atoms with E-state index in [0.717, 1.165) is 6.07 Å². The second-order valence-electron chi connectivity index (χ2n) is 2.52. The van der Waals surface area contributed by atoms with E-state index in [9.17, 15) is 13.6 Å². The number of hydrogen-bond acceptors (Lipinski definition) is 3. The summed E-state index contributed by atoms with van der Waals surface area (Å²) in [4.78, 5) is 14.2. The molecule has 1 rings (SSSR count). The maximum atomic E-state index is 12.3. The van der Waals surface area contributed by atoms with Crippen LogP contribution in [-0.2, 0) is 0 Å². The van der Waals surface area contributed by atoms with E-state index in [1.807, 2.05) is 0 Å². The van der Waals surface area contributed by atoms with E-state index < -0.39 is 18.1 Å². The van der Waals surface area contributed by atoms with Gasteiger partial charge in [-0.2, -0.15) is 0 Å². The third kappa shape index (κ3) is 2.52. The molecule has 0 unspecified atom stereocenters. The van der Waals surface area contributed by atoms with E-state index in [1.165, 1.54) is 7.11 Å². The molecular weight excluding hydrogens is 323 g/mol. The Hall–Kier alpha value is -0.990. The molecule has 0 saturated carbocycles. The first kappa shape index (κ1) is 12.1. The van der Waals surface area contributed by atoms with Crippen molar-refractivity contribution in [3.63, 3.8) is 0 Å². The first-order valence-corrected chi connectivity index (χ1v) is 4.81. The van der Waals surface area contributed by atoms with Crippen LogP contribution in [0.2, 0.25) is 0 Å². The fraction of sp³-hybridized carbons (Fsp3) is 0.250. The van der Waals surface area contributed by atoms with Crippen LogP contribution >= 0.6 is 22.6 Å². The van der Waals surface area contributed by atoms with Crippen LogP contribution in [0.3, 0.4) is 0 Å². The Morgan fingerprint density at radius 3 is 2.67 bits per heavy atom.